The van der Waals surface area contributed by atoms with Gasteiger partial charge in [0.15, 0.2) is 11.5 Å². The highest BCUT2D eigenvalue weighted by Gasteiger charge is 2.19. The number of carbonyl (C=O) groups is 1. The Labute approximate surface area is 148 Å². The standard InChI is InChI=1S/C20H24O5/c1-20(2,3)14-7-9-15(10-8-14)25-17-12-13(19(21)24-6)11-16(22-4)18(17)23-5/h7-12H,1-6H3. The van der Waals surface area contributed by atoms with Gasteiger partial charge in [-0.05, 0) is 35.2 Å². The van der Waals surface area contributed by atoms with E-state index in [2.05, 4.69) is 20.8 Å². The molecule has 0 aliphatic rings. The van der Waals surface area contributed by atoms with Gasteiger partial charge in [0.2, 0.25) is 5.75 Å². The predicted octanol–water partition coefficient (Wildman–Crippen LogP) is 4.58. The third-order valence-electron chi connectivity index (χ3n) is 3.81. The summed E-state index contributed by atoms with van der Waals surface area (Å²) in [6.07, 6.45) is 0. The molecule has 0 aliphatic heterocycles. The van der Waals surface area contributed by atoms with Crippen LogP contribution in [0.3, 0.4) is 0 Å². The normalized spacial score (nSPS) is 11.0. The van der Waals surface area contributed by atoms with E-state index in [-0.39, 0.29) is 5.41 Å². The molecule has 0 radical (unpaired) electrons. The lowest BCUT2D eigenvalue weighted by atomic mass is 9.87. The molecule has 2 aromatic rings. The molecule has 5 heteroatoms. The Hall–Kier alpha value is -2.69. The zero-order chi connectivity index (χ0) is 18.6. The second-order valence-electron chi connectivity index (χ2n) is 6.58. The first-order valence-corrected chi connectivity index (χ1v) is 7.93. The Morgan fingerprint density at radius 2 is 1.48 bits per heavy atom. The van der Waals surface area contributed by atoms with Gasteiger partial charge < -0.3 is 18.9 Å². The Kier molecular flexibility index (Phi) is 5.57. The van der Waals surface area contributed by atoms with Crippen molar-refractivity contribution in [1.82, 2.24) is 0 Å². The van der Waals surface area contributed by atoms with Crippen molar-refractivity contribution in [2.45, 2.75) is 26.2 Å². The summed E-state index contributed by atoms with van der Waals surface area (Å²) in [6, 6.07) is 10.9. The van der Waals surface area contributed by atoms with E-state index < -0.39 is 5.97 Å². The number of ether oxygens (including phenoxy) is 4. The van der Waals surface area contributed by atoms with Crippen molar-refractivity contribution >= 4 is 5.97 Å². The zero-order valence-corrected chi connectivity index (χ0v) is 15.5. The van der Waals surface area contributed by atoms with Gasteiger partial charge >= 0.3 is 5.97 Å². The van der Waals surface area contributed by atoms with Gasteiger partial charge in [-0.25, -0.2) is 4.79 Å². The molecule has 25 heavy (non-hydrogen) atoms. The number of rotatable bonds is 5. The van der Waals surface area contributed by atoms with Crippen LogP contribution in [0.5, 0.6) is 23.0 Å². The topological polar surface area (TPSA) is 54.0 Å². The molecule has 0 heterocycles. The lowest BCUT2D eigenvalue weighted by molar-refractivity contribution is 0.0600. The van der Waals surface area contributed by atoms with Gasteiger partial charge in [0, 0.05) is 0 Å². The average Bonchev–Trinajstić information content (AvgIpc) is 2.59. The molecule has 0 saturated carbocycles. The number of hydrogen-bond acceptors (Lipinski definition) is 5. The van der Waals surface area contributed by atoms with Crippen molar-refractivity contribution in [1.29, 1.82) is 0 Å². The van der Waals surface area contributed by atoms with Crippen LogP contribution in [-0.2, 0) is 10.2 Å². The summed E-state index contributed by atoms with van der Waals surface area (Å²) in [5.41, 5.74) is 1.58. The second kappa shape index (κ2) is 7.47. The van der Waals surface area contributed by atoms with E-state index in [1.807, 2.05) is 24.3 Å². The van der Waals surface area contributed by atoms with E-state index in [4.69, 9.17) is 18.9 Å². The minimum atomic E-state index is -0.478. The highest BCUT2D eigenvalue weighted by Crippen LogP contribution is 2.41. The number of methoxy groups -OCH3 is 3. The fourth-order valence-electron chi connectivity index (χ4n) is 2.39. The fourth-order valence-corrected chi connectivity index (χ4v) is 2.39. The minimum Gasteiger partial charge on any atom is -0.493 e. The maximum atomic E-state index is 11.9. The monoisotopic (exact) mass is 344 g/mol. The third-order valence-corrected chi connectivity index (χ3v) is 3.81. The Bertz CT molecular complexity index is 742. The molecule has 0 spiro atoms. The van der Waals surface area contributed by atoms with Crippen LogP contribution in [0.2, 0.25) is 0 Å². The quantitative estimate of drug-likeness (QED) is 0.743. The van der Waals surface area contributed by atoms with Crippen LogP contribution in [0.4, 0.5) is 0 Å². The van der Waals surface area contributed by atoms with Crippen molar-refractivity contribution in [2.75, 3.05) is 21.3 Å². The smallest absolute Gasteiger partial charge is 0.338 e. The fraction of sp³-hybridized carbons (Fsp3) is 0.350. The van der Waals surface area contributed by atoms with Gasteiger partial charge in [-0.2, -0.15) is 0 Å². The summed E-state index contributed by atoms with van der Waals surface area (Å²) in [4.78, 5) is 11.9. The molecule has 2 aromatic carbocycles. The maximum absolute atomic E-state index is 11.9. The molecule has 134 valence electrons. The minimum absolute atomic E-state index is 0.0598. The first-order valence-electron chi connectivity index (χ1n) is 7.93. The number of hydrogen-bond donors (Lipinski definition) is 0. The van der Waals surface area contributed by atoms with E-state index >= 15 is 0 Å². The summed E-state index contributed by atoms with van der Waals surface area (Å²) >= 11 is 0. The third kappa shape index (κ3) is 4.24. The number of esters is 1. The molecule has 0 bridgehead atoms. The van der Waals surface area contributed by atoms with Crippen molar-refractivity contribution in [3.8, 4) is 23.0 Å². The van der Waals surface area contributed by atoms with Crippen molar-refractivity contribution in [2.24, 2.45) is 0 Å². The molecule has 2 rings (SSSR count). The molecular weight excluding hydrogens is 320 g/mol. The summed E-state index contributed by atoms with van der Waals surface area (Å²) in [5.74, 6) is 1.34. The lowest BCUT2D eigenvalue weighted by Crippen LogP contribution is -2.10. The number of benzene rings is 2. The first kappa shape index (κ1) is 18.6. The average molecular weight is 344 g/mol. The molecule has 5 nitrogen and oxygen atoms in total. The van der Waals surface area contributed by atoms with E-state index in [1.54, 1.807) is 12.1 Å². The summed E-state index contributed by atoms with van der Waals surface area (Å²) in [5, 5.41) is 0. The molecule has 0 N–H and O–H groups in total. The second-order valence-corrected chi connectivity index (χ2v) is 6.58. The van der Waals surface area contributed by atoms with Gasteiger partial charge in [0.05, 0.1) is 26.9 Å². The molecule has 0 aromatic heterocycles. The Balaban J connectivity index is 2.41. The maximum Gasteiger partial charge on any atom is 0.338 e. The molecule has 0 unspecified atom stereocenters. The molecular formula is C20H24O5. The van der Waals surface area contributed by atoms with Gasteiger partial charge in [-0.1, -0.05) is 32.9 Å². The lowest BCUT2D eigenvalue weighted by Gasteiger charge is -2.19. The van der Waals surface area contributed by atoms with Crippen molar-refractivity contribution in [3.63, 3.8) is 0 Å². The van der Waals surface area contributed by atoms with E-state index in [9.17, 15) is 4.79 Å². The highest BCUT2D eigenvalue weighted by molar-refractivity contribution is 5.91. The van der Waals surface area contributed by atoms with E-state index in [0.717, 1.165) is 0 Å². The van der Waals surface area contributed by atoms with Crippen LogP contribution in [-0.4, -0.2) is 27.3 Å². The number of carbonyl (C=O) groups excluding carboxylic acids is 1. The van der Waals surface area contributed by atoms with Crippen LogP contribution in [0.1, 0.15) is 36.7 Å². The van der Waals surface area contributed by atoms with E-state index in [1.165, 1.54) is 26.9 Å². The SMILES string of the molecule is COC(=O)c1cc(OC)c(OC)c(Oc2ccc(C(C)(C)C)cc2)c1. The summed E-state index contributed by atoms with van der Waals surface area (Å²) in [7, 11) is 4.34. The van der Waals surface area contributed by atoms with Crippen molar-refractivity contribution < 1.29 is 23.7 Å². The predicted molar refractivity (Wildman–Crippen MR) is 96.1 cm³/mol. The van der Waals surface area contributed by atoms with Gasteiger partial charge in [0.1, 0.15) is 5.75 Å². The summed E-state index contributed by atoms with van der Waals surface area (Å²) in [6.45, 7) is 6.45. The van der Waals surface area contributed by atoms with Gasteiger partial charge in [0.25, 0.3) is 0 Å². The van der Waals surface area contributed by atoms with Gasteiger partial charge in [-0.3, -0.25) is 0 Å². The Morgan fingerprint density at radius 1 is 0.880 bits per heavy atom. The largest absolute Gasteiger partial charge is 0.493 e. The van der Waals surface area contributed by atoms with Crippen LogP contribution < -0.4 is 14.2 Å². The molecule has 0 fully saturated rings. The molecule has 0 saturated heterocycles. The van der Waals surface area contributed by atoms with Crippen LogP contribution in [0, 0.1) is 0 Å². The van der Waals surface area contributed by atoms with Gasteiger partial charge in [-0.15, -0.1) is 0 Å². The zero-order valence-electron chi connectivity index (χ0n) is 15.5. The van der Waals surface area contributed by atoms with Crippen LogP contribution >= 0.6 is 0 Å². The molecule has 0 atom stereocenters. The molecule has 0 amide bonds. The summed E-state index contributed by atoms with van der Waals surface area (Å²) < 4.78 is 21.4. The first-order chi connectivity index (χ1) is 11.8. The molecule has 0 aliphatic carbocycles. The van der Waals surface area contributed by atoms with E-state index in [0.29, 0.717) is 28.6 Å². The highest BCUT2D eigenvalue weighted by atomic mass is 16.5. The Morgan fingerprint density at radius 3 is 1.96 bits per heavy atom. The van der Waals surface area contributed by atoms with Crippen molar-refractivity contribution in [3.05, 3.63) is 47.5 Å². The van der Waals surface area contributed by atoms with Crippen LogP contribution in [0.25, 0.3) is 0 Å². The van der Waals surface area contributed by atoms with Crippen LogP contribution in [0.15, 0.2) is 36.4 Å².